The fourth-order valence-electron chi connectivity index (χ4n) is 2.54. The normalized spacial score (nSPS) is 11.4. The van der Waals surface area contributed by atoms with Crippen LogP contribution in [0.5, 0.6) is 0 Å². The van der Waals surface area contributed by atoms with Crippen molar-refractivity contribution >= 4 is 16.9 Å². The molecule has 0 radical (unpaired) electrons. The second-order valence-electron chi connectivity index (χ2n) is 6.53. The topological polar surface area (TPSA) is 63.8 Å². The first-order valence-electron chi connectivity index (χ1n) is 8.55. The number of nitrogens with zero attached hydrogens (tertiary/aromatic N) is 3. The molecule has 126 valence electrons. The zero-order valence-electron chi connectivity index (χ0n) is 14.8. The van der Waals surface area contributed by atoms with Crippen LogP contribution in [0.3, 0.4) is 0 Å². The van der Waals surface area contributed by atoms with Gasteiger partial charge in [-0.05, 0) is 19.3 Å². The second-order valence-corrected chi connectivity index (χ2v) is 6.53. The van der Waals surface area contributed by atoms with E-state index in [-0.39, 0.29) is 0 Å². The van der Waals surface area contributed by atoms with E-state index >= 15 is 0 Å². The predicted octanol–water partition coefficient (Wildman–Crippen LogP) is 4.61. The molecule has 0 aliphatic carbocycles. The summed E-state index contributed by atoms with van der Waals surface area (Å²) in [7, 11) is 0. The van der Waals surface area contributed by atoms with Crippen molar-refractivity contribution in [1.29, 1.82) is 0 Å². The van der Waals surface area contributed by atoms with Crippen LogP contribution in [-0.2, 0) is 6.42 Å². The molecule has 3 rings (SSSR count). The number of rotatable bonds is 6. The van der Waals surface area contributed by atoms with Crippen molar-refractivity contribution in [2.75, 3.05) is 11.9 Å². The van der Waals surface area contributed by atoms with Crippen molar-refractivity contribution in [2.45, 2.75) is 40.5 Å². The molecule has 2 heterocycles. The number of nitrogens with one attached hydrogen (secondary N) is 1. The molecule has 0 aliphatic heterocycles. The molecule has 0 bridgehead atoms. The van der Waals surface area contributed by atoms with E-state index in [4.69, 9.17) is 4.52 Å². The summed E-state index contributed by atoms with van der Waals surface area (Å²) in [5.74, 6) is 2.17. The number of fused-ring (bicyclic) bond motifs is 1. The third-order valence-corrected chi connectivity index (χ3v) is 4.02. The van der Waals surface area contributed by atoms with Crippen molar-refractivity contribution in [3.8, 4) is 11.3 Å². The van der Waals surface area contributed by atoms with Crippen molar-refractivity contribution in [3.63, 3.8) is 0 Å². The van der Waals surface area contributed by atoms with E-state index in [2.05, 4.69) is 60.3 Å². The fourth-order valence-corrected chi connectivity index (χ4v) is 2.54. The molecule has 0 fully saturated rings. The first-order chi connectivity index (χ1) is 11.6. The smallest absolute Gasteiger partial charge is 0.228 e. The van der Waals surface area contributed by atoms with Crippen LogP contribution in [0.1, 0.15) is 38.6 Å². The van der Waals surface area contributed by atoms with Crippen LogP contribution in [-0.4, -0.2) is 21.7 Å². The van der Waals surface area contributed by atoms with Crippen LogP contribution in [0.2, 0.25) is 0 Å². The lowest BCUT2D eigenvalue weighted by atomic mass is 10.1. The van der Waals surface area contributed by atoms with Gasteiger partial charge in [-0.3, -0.25) is 0 Å². The molecule has 3 aromatic rings. The van der Waals surface area contributed by atoms with E-state index in [1.165, 1.54) is 5.56 Å². The van der Waals surface area contributed by atoms with Crippen molar-refractivity contribution in [3.05, 3.63) is 35.7 Å². The summed E-state index contributed by atoms with van der Waals surface area (Å²) in [5, 5.41) is 7.64. The van der Waals surface area contributed by atoms with E-state index in [0.29, 0.717) is 11.5 Å². The van der Waals surface area contributed by atoms with E-state index in [1.807, 2.05) is 12.1 Å². The number of hydrogen-bond donors (Lipinski definition) is 1. The quantitative estimate of drug-likeness (QED) is 0.717. The van der Waals surface area contributed by atoms with Gasteiger partial charge < -0.3 is 9.84 Å². The predicted molar refractivity (Wildman–Crippen MR) is 97.1 cm³/mol. The minimum absolute atomic E-state index is 0.631. The maximum atomic E-state index is 5.58. The van der Waals surface area contributed by atoms with Crippen molar-refractivity contribution in [2.24, 2.45) is 5.92 Å². The van der Waals surface area contributed by atoms with E-state index in [1.54, 1.807) is 0 Å². The Morgan fingerprint density at radius 2 is 1.88 bits per heavy atom. The molecule has 0 atom stereocenters. The van der Waals surface area contributed by atoms with Gasteiger partial charge in [-0.25, -0.2) is 9.97 Å². The van der Waals surface area contributed by atoms with Gasteiger partial charge in [0.1, 0.15) is 17.0 Å². The lowest BCUT2D eigenvalue weighted by Crippen LogP contribution is -2.08. The highest BCUT2D eigenvalue weighted by Crippen LogP contribution is 2.30. The van der Waals surface area contributed by atoms with Gasteiger partial charge in [-0.2, -0.15) is 0 Å². The zero-order chi connectivity index (χ0) is 17.1. The Morgan fingerprint density at radius 3 is 2.54 bits per heavy atom. The monoisotopic (exact) mass is 324 g/mol. The largest absolute Gasteiger partial charge is 0.367 e. The van der Waals surface area contributed by atoms with Crippen LogP contribution < -0.4 is 5.32 Å². The number of aromatic nitrogens is 3. The van der Waals surface area contributed by atoms with Crippen LogP contribution in [0.25, 0.3) is 22.4 Å². The van der Waals surface area contributed by atoms with Crippen molar-refractivity contribution in [1.82, 2.24) is 15.1 Å². The van der Waals surface area contributed by atoms with E-state index < -0.39 is 0 Å². The Bertz CT molecular complexity index is 821. The van der Waals surface area contributed by atoms with E-state index in [0.717, 1.165) is 47.8 Å². The van der Waals surface area contributed by atoms with Gasteiger partial charge in [-0.1, -0.05) is 55.8 Å². The van der Waals surface area contributed by atoms with Gasteiger partial charge in [0, 0.05) is 18.5 Å². The Balaban J connectivity index is 2.02. The third kappa shape index (κ3) is 3.40. The number of anilines is 1. The minimum Gasteiger partial charge on any atom is -0.367 e. The second kappa shape index (κ2) is 6.99. The number of hydrogen-bond acceptors (Lipinski definition) is 5. The summed E-state index contributed by atoms with van der Waals surface area (Å²) < 4.78 is 5.58. The SMILES string of the molecule is CCc1nc(NCCC(C)C)c2onc(-c3ccc(C)cc3)c2n1. The average Bonchev–Trinajstić information content (AvgIpc) is 2.99. The van der Waals surface area contributed by atoms with Crippen LogP contribution in [0.15, 0.2) is 28.8 Å². The molecular weight excluding hydrogens is 300 g/mol. The van der Waals surface area contributed by atoms with Gasteiger partial charge in [0.25, 0.3) is 0 Å². The van der Waals surface area contributed by atoms with Crippen LogP contribution in [0.4, 0.5) is 5.82 Å². The Kier molecular flexibility index (Phi) is 4.79. The molecule has 24 heavy (non-hydrogen) atoms. The minimum atomic E-state index is 0.631. The Hall–Kier alpha value is -2.43. The standard InChI is InChI=1S/C19H24N4O/c1-5-15-21-17-16(14-8-6-13(4)7-9-14)23-24-18(17)19(22-15)20-11-10-12(2)3/h6-9,12H,5,10-11H2,1-4H3,(H,20,21,22). The summed E-state index contributed by atoms with van der Waals surface area (Å²) in [5.41, 5.74) is 4.40. The summed E-state index contributed by atoms with van der Waals surface area (Å²) >= 11 is 0. The maximum Gasteiger partial charge on any atom is 0.228 e. The molecule has 2 aromatic heterocycles. The molecular formula is C19H24N4O. The molecule has 0 spiro atoms. The third-order valence-electron chi connectivity index (χ3n) is 4.02. The van der Waals surface area contributed by atoms with E-state index in [9.17, 15) is 0 Å². The lowest BCUT2D eigenvalue weighted by molar-refractivity contribution is 0.459. The number of benzene rings is 1. The highest BCUT2D eigenvalue weighted by atomic mass is 16.5. The highest BCUT2D eigenvalue weighted by Gasteiger charge is 2.17. The Morgan fingerprint density at radius 1 is 1.12 bits per heavy atom. The van der Waals surface area contributed by atoms with Crippen LogP contribution in [0, 0.1) is 12.8 Å². The molecule has 0 saturated carbocycles. The van der Waals surface area contributed by atoms with Gasteiger partial charge in [0.2, 0.25) is 5.58 Å². The molecule has 0 unspecified atom stereocenters. The first-order valence-corrected chi connectivity index (χ1v) is 8.55. The summed E-state index contributed by atoms with van der Waals surface area (Å²) in [6, 6.07) is 8.23. The van der Waals surface area contributed by atoms with Gasteiger partial charge in [-0.15, -0.1) is 0 Å². The fraction of sp³-hybridized carbons (Fsp3) is 0.421. The van der Waals surface area contributed by atoms with Crippen LogP contribution >= 0.6 is 0 Å². The molecule has 5 nitrogen and oxygen atoms in total. The Labute approximate surface area is 142 Å². The highest BCUT2D eigenvalue weighted by molar-refractivity contribution is 5.93. The van der Waals surface area contributed by atoms with Gasteiger partial charge in [0.15, 0.2) is 5.82 Å². The molecule has 0 saturated heterocycles. The summed E-state index contributed by atoms with van der Waals surface area (Å²) in [4.78, 5) is 9.23. The molecule has 1 N–H and O–H groups in total. The summed E-state index contributed by atoms with van der Waals surface area (Å²) in [6.45, 7) is 9.39. The zero-order valence-corrected chi connectivity index (χ0v) is 14.8. The molecule has 0 aliphatic rings. The number of aryl methyl sites for hydroxylation is 2. The molecule has 0 amide bonds. The lowest BCUT2D eigenvalue weighted by Gasteiger charge is -2.08. The maximum absolute atomic E-state index is 5.58. The first kappa shape index (κ1) is 16.4. The molecule has 1 aromatic carbocycles. The van der Waals surface area contributed by atoms with Crippen molar-refractivity contribution < 1.29 is 4.52 Å². The summed E-state index contributed by atoms with van der Waals surface area (Å²) in [6.07, 6.45) is 1.85. The van der Waals surface area contributed by atoms with Gasteiger partial charge in [0.05, 0.1) is 0 Å². The average molecular weight is 324 g/mol. The van der Waals surface area contributed by atoms with Gasteiger partial charge >= 0.3 is 0 Å². The molecule has 5 heteroatoms.